The van der Waals surface area contributed by atoms with Crippen LogP contribution in [0.5, 0.6) is 0 Å². The SMILES string of the molecule is COCCC(=O)Nc1cc(C(F)(F)F)ccc1C. The van der Waals surface area contributed by atoms with Crippen molar-refractivity contribution in [3.8, 4) is 0 Å². The van der Waals surface area contributed by atoms with Gasteiger partial charge in [-0.25, -0.2) is 0 Å². The topological polar surface area (TPSA) is 38.3 Å². The monoisotopic (exact) mass is 261 g/mol. The van der Waals surface area contributed by atoms with Gasteiger partial charge in [0.1, 0.15) is 0 Å². The Balaban J connectivity index is 2.85. The van der Waals surface area contributed by atoms with Gasteiger partial charge in [-0.15, -0.1) is 0 Å². The molecule has 1 aromatic carbocycles. The van der Waals surface area contributed by atoms with Gasteiger partial charge in [-0.3, -0.25) is 4.79 Å². The summed E-state index contributed by atoms with van der Waals surface area (Å²) in [5, 5.41) is 2.44. The molecule has 0 saturated carbocycles. The van der Waals surface area contributed by atoms with Crippen LogP contribution in [-0.2, 0) is 15.7 Å². The van der Waals surface area contributed by atoms with Crippen molar-refractivity contribution in [2.45, 2.75) is 19.5 Å². The largest absolute Gasteiger partial charge is 0.416 e. The first-order valence-corrected chi connectivity index (χ1v) is 5.31. The van der Waals surface area contributed by atoms with Crippen LogP contribution in [0.3, 0.4) is 0 Å². The minimum atomic E-state index is -4.42. The van der Waals surface area contributed by atoms with Crippen molar-refractivity contribution >= 4 is 11.6 Å². The van der Waals surface area contributed by atoms with Crippen LogP contribution < -0.4 is 5.32 Å². The molecular formula is C12H14F3NO2. The van der Waals surface area contributed by atoms with Gasteiger partial charge in [0.2, 0.25) is 5.91 Å². The summed E-state index contributed by atoms with van der Waals surface area (Å²) >= 11 is 0. The zero-order valence-corrected chi connectivity index (χ0v) is 10.1. The maximum Gasteiger partial charge on any atom is 0.416 e. The molecule has 3 nitrogen and oxygen atoms in total. The number of alkyl halides is 3. The average molecular weight is 261 g/mol. The molecule has 0 fully saturated rings. The summed E-state index contributed by atoms with van der Waals surface area (Å²) in [6.45, 7) is 1.86. The minimum absolute atomic E-state index is 0.103. The molecule has 0 saturated heterocycles. The first-order chi connectivity index (χ1) is 8.34. The number of carbonyl (C=O) groups is 1. The molecule has 0 unspecified atom stereocenters. The fraction of sp³-hybridized carbons (Fsp3) is 0.417. The number of ether oxygens (including phenoxy) is 1. The van der Waals surface area contributed by atoms with Gasteiger partial charge >= 0.3 is 6.18 Å². The highest BCUT2D eigenvalue weighted by molar-refractivity contribution is 5.91. The van der Waals surface area contributed by atoms with E-state index >= 15 is 0 Å². The number of benzene rings is 1. The second kappa shape index (κ2) is 5.86. The molecule has 0 bridgehead atoms. The van der Waals surface area contributed by atoms with Crippen LogP contribution >= 0.6 is 0 Å². The molecule has 1 rings (SSSR count). The lowest BCUT2D eigenvalue weighted by Gasteiger charge is -2.12. The lowest BCUT2D eigenvalue weighted by Crippen LogP contribution is -2.15. The lowest BCUT2D eigenvalue weighted by atomic mass is 10.1. The summed E-state index contributed by atoms with van der Waals surface area (Å²) in [5.74, 6) is -0.376. The summed E-state index contributed by atoms with van der Waals surface area (Å²) in [5.41, 5.74) is -0.0326. The van der Waals surface area contributed by atoms with Crippen LogP contribution in [0.25, 0.3) is 0 Å². The molecule has 6 heteroatoms. The summed E-state index contributed by atoms with van der Waals surface area (Å²) in [4.78, 5) is 11.4. The van der Waals surface area contributed by atoms with Crippen LogP contribution in [0.4, 0.5) is 18.9 Å². The fourth-order valence-electron chi connectivity index (χ4n) is 1.34. The van der Waals surface area contributed by atoms with Crippen molar-refractivity contribution < 1.29 is 22.7 Å². The lowest BCUT2D eigenvalue weighted by molar-refractivity contribution is -0.137. The Morgan fingerprint density at radius 1 is 1.39 bits per heavy atom. The Bertz CT molecular complexity index is 430. The number of anilines is 1. The van der Waals surface area contributed by atoms with Gasteiger partial charge in [-0.05, 0) is 24.6 Å². The Morgan fingerprint density at radius 2 is 2.06 bits per heavy atom. The Hall–Kier alpha value is -1.56. The maximum atomic E-state index is 12.5. The van der Waals surface area contributed by atoms with Crippen LogP contribution in [0.15, 0.2) is 18.2 Å². The number of methoxy groups -OCH3 is 1. The van der Waals surface area contributed by atoms with Crippen LogP contribution in [-0.4, -0.2) is 19.6 Å². The molecule has 0 radical (unpaired) electrons. The summed E-state index contributed by atoms with van der Waals surface area (Å²) in [6, 6.07) is 3.24. The van der Waals surface area contributed by atoms with Gasteiger partial charge in [0.05, 0.1) is 18.6 Å². The van der Waals surface area contributed by atoms with E-state index in [-0.39, 0.29) is 24.6 Å². The van der Waals surface area contributed by atoms with Gasteiger partial charge < -0.3 is 10.1 Å². The van der Waals surface area contributed by atoms with E-state index in [4.69, 9.17) is 4.74 Å². The third kappa shape index (κ3) is 4.03. The van der Waals surface area contributed by atoms with Crippen molar-refractivity contribution in [3.05, 3.63) is 29.3 Å². The van der Waals surface area contributed by atoms with Crippen LogP contribution in [0.1, 0.15) is 17.5 Å². The number of carbonyl (C=O) groups excluding carboxylic acids is 1. The van der Waals surface area contributed by atoms with Crippen molar-refractivity contribution in [1.29, 1.82) is 0 Å². The summed E-state index contributed by atoms with van der Waals surface area (Å²) in [7, 11) is 1.45. The van der Waals surface area contributed by atoms with Gasteiger partial charge in [-0.1, -0.05) is 6.07 Å². The van der Waals surface area contributed by atoms with Crippen molar-refractivity contribution in [3.63, 3.8) is 0 Å². The molecule has 1 aromatic rings. The third-order valence-electron chi connectivity index (χ3n) is 2.37. The second-order valence-electron chi connectivity index (χ2n) is 3.82. The first kappa shape index (κ1) is 14.5. The Morgan fingerprint density at radius 3 is 2.61 bits per heavy atom. The van der Waals surface area contributed by atoms with Crippen molar-refractivity contribution in [1.82, 2.24) is 0 Å². The van der Waals surface area contributed by atoms with E-state index in [0.717, 1.165) is 12.1 Å². The fourth-order valence-corrected chi connectivity index (χ4v) is 1.34. The van der Waals surface area contributed by atoms with Crippen LogP contribution in [0.2, 0.25) is 0 Å². The maximum absolute atomic E-state index is 12.5. The molecule has 100 valence electrons. The number of amides is 1. The minimum Gasteiger partial charge on any atom is -0.384 e. The van der Waals surface area contributed by atoms with E-state index < -0.39 is 11.7 Å². The number of halogens is 3. The normalized spacial score (nSPS) is 11.4. The standard InChI is InChI=1S/C12H14F3NO2/c1-8-3-4-9(12(13,14)15)7-10(8)16-11(17)5-6-18-2/h3-4,7H,5-6H2,1-2H3,(H,16,17). The van der Waals surface area contributed by atoms with Crippen LogP contribution in [0, 0.1) is 6.92 Å². The molecule has 0 aliphatic heterocycles. The third-order valence-corrected chi connectivity index (χ3v) is 2.37. The molecule has 1 N–H and O–H groups in total. The number of nitrogens with one attached hydrogen (secondary N) is 1. The molecule has 0 aliphatic carbocycles. The highest BCUT2D eigenvalue weighted by atomic mass is 19.4. The predicted octanol–water partition coefficient (Wildman–Crippen LogP) is 2.99. The van der Waals surface area contributed by atoms with E-state index in [1.165, 1.54) is 13.2 Å². The second-order valence-corrected chi connectivity index (χ2v) is 3.82. The average Bonchev–Trinajstić information content (AvgIpc) is 2.28. The highest BCUT2D eigenvalue weighted by Crippen LogP contribution is 2.32. The van der Waals surface area contributed by atoms with Crippen molar-refractivity contribution in [2.24, 2.45) is 0 Å². The quantitative estimate of drug-likeness (QED) is 0.904. The van der Waals surface area contributed by atoms with Gasteiger partial charge in [-0.2, -0.15) is 13.2 Å². The number of rotatable bonds is 4. The first-order valence-electron chi connectivity index (χ1n) is 5.31. The molecular weight excluding hydrogens is 247 g/mol. The molecule has 0 heterocycles. The number of hydrogen-bond donors (Lipinski definition) is 1. The summed E-state index contributed by atoms with van der Waals surface area (Å²) < 4.78 is 42.2. The van der Waals surface area contributed by atoms with E-state index in [9.17, 15) is 18.0 Å². The molecule has 0 aliphatic rings. The molecule has 0 spiro atoms. The van der Waals surface area contributed by atoms with Gasteiger partial charge in [0.15, 0.2) is 0 Å². The van der Waals surface area contributed by atoms with Gasteiger partial charge in [0, 0.05) is 12.8 Å². The molecule has 18 heavy (non-hydrogen) atoms. The van der Waals surface area contributed by atoms with E-state index in [2.05, 4.69) is 5.32 Å². The van der Waals surface area contributed by atoms with E-state index in [1.807, 2.05) is 0 Å². The Labute approximate surface area is 103 Å². The van der Waals surface area contributed by atoms with Gasteiger partial charge in [0.25, 0.3) is 0 Å². The number of aryl methyl sites for hydroxylation is 1. The predicted molar refractivity (Wildman–Crippen MR) is 61.3 cm³/mol. The van der Waals surface area contributed by atoms with E-state index in [1.54, 1.807) is 6.92 Å². The zero-order chi connectivity index (χ0) is 13.8. The van der Waals surface area contributed by atoms with Crippen molar-refractivity contribution in [2.75, 3.05) is 19.0 Å². The molecule has 0 aromatic heterocycles. The molecule has 1 amide bonds. The van der Waals surface area contributed by atoms with E-state index in [0.29, 0.717) is 5.56 Å². The molecule has 0 atom stereocenters. The number of hydrogen-bond acceptors (Lipinski definition) is 2. The summed E-state index contributed by atoms with van der Waals surface area (Å²) in [6.07, 6.45) is -4.31. The highest BCUT2D eigenvalue weighted by Gasteiger charge is 2.30. The Kier molecular flexibility index (Phi) is 4.72. The smallest absolute Gasteiger partial charge is 0.384 e. The zero-order valence-electron chi connectivity index (χ0n) is 10.1.